The molecular weight excluding hydrogens is 198 g/mol. The molecule has 2 atom stereocenters. The van der Waals surface area contributed by atoms with Gasteiger partial charge in [-0.25, -0.2) is 0 Å². The van der Waals surface area contributed by atoms with Crippen LogP contribution in [0.1, 0.15) is 25.0 Å². The van der Waals surface area contributed by atoms with E-state index in [1.807, 2.05) is 0 Å². The van der Waals surface area contributed by atoms with Crippen LogP contribution in [0.2, 0.25) is 0 Å². The zero-order valence-corrected chi connectivity index (χ0v) is 8.33. The fraction of sp³-hybridized carbons (Fsp3) is 0.400. The van der Waals surface area contributed by atoms with Crippen molar-refractivity contribution in [3.63, 3.8) is 0 Å². The van der Waals surface area contributed by atoms with Crippen LogP contribution in [0, 0.1) is 10.1 Å². The predicted molar refractivity (Wildman–Crippen MR) is 54.4 cm³/mol. The van der Waals surface area contributed by atoms with Crippen LogP contribution in [0.25, 0.3) is 0 Å². The summed E-state index contributed by atoms with van der Waals surface area (Å²) < 4.78 is 0. The summed E-state index contributed by atoms with van der Waals surface area (Å²) in [5, 5.41) is 29.0. The third-order valence-corrected chi connectivity index (χ3v) is 2.05. The molecular formula is C10H13NO4. The van der Waals surface area contributed by atoms with Crippen molar-refractivity contribution < 1.29 is 15.1 Å². The molecule has 1 aromatic carbocycles. The molecule has 0 unspecified atom stereocenters. The smallest absolute Gasteiger partial charge is 0.269 e. The lowest BCUT2D eigenvalue weighted by molar-refractivity contribution is -0.384. The SMILES string of the molecule is C[C@@H](O)C[C@@H](O)c1ccc([N+](=O)[O-])cc1. The fourth-order valence-corrected chi connectivity index (χ4v) is 1.28. The molecule has 0 fully saturated rings. The van der Waals surface area contributed by atoms with E-state index in [0.717, 1.165) is 0 Å². The Morgan fingerprint density at radius 2 is 1.87 bits per heavy atom. The van der Waals surface area contributed by atoms with E-state index in [-0.39, 0.29) is 12.1 Å². The third-order valence-electron chi connectivity index (χ3n) is 2.05. The number of nitro benzene ring substituents is 1. The van der Waals surface area contributed by atoms with Crippen LogP contribution in [-0.4, -0.2) is 21.2 Å². The van der Waals surface area contributed by atoms with E-state index < -0.39 is 17.1 Å². The summed E-state index contributed by atoms with van der Waals surface area (Å²) in [4.78, 5) is 9.87. The van der Waals surface area contributed by atoms with Gasteiger partial charge in [-0.2, -0.15) is 0 Å². The second-order valence-corrected chi connectivity index (χ2v) is 3.45. The number of benzene rings is 1. The molecule has 0 amide bonds. The van der Waals surface area contributed by atoms with Crippen molar-refractivity contribution in [3.05, 3.63) is 39.9 Å². The van der Waals surface area contributed by atoms with Gasteiger partial charge in [0.15, 0.2) is 0 Å². The number of aliphatic hydroxyl groups is 2. The highest BCUT2D eigenvalue weighted by molar-refractivity contribution is 5.33. The van der Waals surface area contributed by atoms with E-state index >= 15 is 0 Å². The topological polar surface area (TPSA) is 83.6 Å². The van der Waals surface area contributed by atoms with E-state index in [2.05, 4.69) is 0 Å². The Labute approximate surface area is 87.1 Å². The lowest BCUT2D eigenvalue weighted by Crippen LogP contribution is -2.07. The Morgan fingerprint density at radius 3 is 2.27 bits per heavy atom. The molecule has 1 aromatic rings. The Kier molecular flexibility index (Phi) is 3.76. The van der Waals surface area contributed by atoms with Gasteiger partial charge < -0.3 is 10.2 Å². The first kappa shape index (κ1) is 11.6. The molecule has 5 heteroatoms. The standard InChI is InChI=1S/C10H13NO4/c1-7(12)6-10(13)8-2-4-9(5-3-8)11(14)15/h2-5,7,10,12-13H,6H2,1H3/t7-,10-/m1/s1. The summed E-state index contributed by atoms with van der Waals surface area (Å²) in [6.07, 6.45) is -1.17. The minimum Gasteiger partial charge on any atom is -0.393 e. The van der Waals surface area contributed by atoms with Gasteiger partial charge in [-0.3, -0.25) is 10.1 Å². The number of hydrogen-bond donors (Lipinski definition) is 2. The lowest BCUT2D eigenvalue weighted by Gasteiger charge is -2.12. The normalized spacial score (nSPS) is 14.6. The Balaban J connectivity index is 2.75. The average molecular weight is 211 g/mol. The Hall–Kier alpha value is -1.46. The molecule has 0 saturated carbocycles. The summed E-state index contributed by atoms with van der Waals surface area (Å²) in [5.74, 6) is 0. The van der Waals surface area contributed by atoms with Crippen molar-refractivity contribution in [2.45, 2.75) is 25.6 Å². The molecule has 1 rings (SSSR count). The van der Waals surface area contributed by atoms with Gasteiger partial charge in [-0.05, 0) is 24.6 Å². The second-order valence-electron chi connectivity index (χ2n) is 3.45. The van der Waals surface area contributed by atoms with Crippen LogP contribution < -0.4 is 0 Å². The maximum absolute atomic E-state index is 10.4. The molecule has 15 heavy (non-hydrogen) atoms. The molecule has 0 radical (unpaired) electrons. The molecule has 0 aliphatic heterocycles. The summed E-state index contributed by atoms with van der Waals surface area (Å²) in [5.41, 5.74) is 0.560. The van der Waals surface area contributed by atoms with Crippen molar-refractivity contribution >= 4 is 5.69 Å². The number of aliphatic hydroxyl groups excluding tert-OH is 2. The molecule has 0 aromatic heterocycles. The highest BCUT2D eigenvalue weighted by Gasteiger charge is 2.12. The molecule has 0 aliphatic carbocycles. The number of hydrogen-bond acceptors (Lipinski definition) is 4. The molecule has 0 aliphatic rings. The maximum atomic E-state index is 10.4. The van der Waals surface area contributed by atoms with E-state index in [1.54, 1.807) is 6.92 Å². The molecule has 0 spiro atoms. The Morgan fingerprint density at radius 1 is 1.33 bits per heavy atom. The quantitative estimate of drug-likeness (QED) is 0.582. The first-order valence-corrected chi connectivity index (χ1v) is 4.61. The van der Waals surface area contributed by atoms with Crippen LogP contribution in [0.4, 0.5) is 5.69 Å². The number of non-ortho nitro benzene ring substituents is 1. The van der Waals surface area contributed by atoms with Crippen molar-refractivity contribution in [3.8, 4) is 0 Å². The summed E-state index contributed by atoms with van der Waals surface area (Å²) >= 11 is 0. The largest absolute Gasteiger partial charge is 0.393 e. The monoisotopic (exact) mass is 211 g/mol. The summed E-state index contributed by atoms with van der Waals surface area (Å²) in [6, 6.07) is 5.65. The van der Waals surface area contributed by atoms with E-state index in [9.17, 15) is 15.2 Å². The zero-order chi connectivity index (χ0) is 11.4. The minimum atomic E-state index is -0.786. The van der Waals surface area contributed by atoms with Crippen molar-refractivity contribution in [2.24, 2.45) is 0 Å². The minimum absolute atomic E-state index is 0.0111. The van der Waals surface area contributed by atoms with Gasteiger partial charge in [0.05, 0.1) is 17.1 Å². The highest BCUT2D eigenvalue weighted by atomic mass is 16.6. The zero-order valence-electron chi connectivity index (χ0n) is 8.33. The molecule has 0 saturated heterocycles. The van der Waals surface area contributed by atoms with Crippen LogP contribution in [0.3, 0.4) is 0 Å². The van der Waals surface area contributed by atoms with Crippen LogP contribution in [-0.2, 0) is 0 Å². The van der Waals surface area contributed by atoms with Gasteiger partial charge in [-0.1, -0.05) is 0 Å². The second kappa shape index (κ2) is 4.86. The summed E-state index contributed by atoms with van der Waals surface area (Å²) in [6.45, 7) is 1.58. The molecule has 0 bridgehead atoms. The average Bonchev–Trinajstić information content (AvgIpc) is 2.17. The van der Waals surface area contributed by atoms with Gasteiger partial charge in [0.1, 0.15) is 0 Å². The summed E-state index contributed by atoms with van der Waals surface area (Å²) in [7, 11) is 0. The van der Waals surface area contributed by atoms with Crippen molar-refractivity contribution in [1.82, 2.24) is 0 Å². The van der Waals surface area contributed by atoms with Gasteiger partial charge in [0, 0.05) is 18.6 Å². The fourth-order valence-electron chi connectivity index (χ4n) is 1.28. The first-order valence-electron chi connectivity index (χ1n) is 4.61. The molecule has 82 valence electrons. The number of rotatable bonds is 4. The van der Waals surface area contributed by atoms with Gasteiger partial charge in [0.25, 0.3) is 5.69 Å². The van der Waals surface area contributed by atoms with E-state index in [4.69, 9.17) is 5.11 Å². The Bertz CT molecular complexity index is 334. The number of nitrogens with zero attached hydrogens (tertiary/aromatic N) is 1. The van der Waals surface area contributed by atoms with Crippen molar-refractivity contribution in [1.29, 1.82) is 0 Å². The highest BCUT2D eigenvalue weighted by Crippen LogP contribution is 2.21. The number of nitro groups is 1. The van der Waals surface area contributed by atoms with Crippen molar-refractivity contribution in [2.75, 3.05) is 0 Å². The van der Waals surface area contributed by atoms with Crippen LogP contribution in [0.15, 0.2) is 24.3 Å². The first-order chi connectivity index (χ1) is 7.00. The predicted octanol–water partition coefficient (Wildman–Crippen LogP) is 1.40. The van der Waals surface area contributed by atoms with Crippen LogP contribution >= 0.6 is 0 Å². The van der Waals surface area contributed by atoms with Gasteiger partial charge in [-0.15, -0.1) is 0 Å². The molecule has 2 N–H and O–H groups in total. The lowest BCUT2D eigenvalue weighted by atomic mass is 10.0. The van der Waals surface area contributed by atoms with E-state index in [0.29, 0.717) is 5.56 Å². The van der Waals surface area contributed by atoms with Gasteiger partial charge >= 0.3 is 0 Å². The van der Waals surface area contributed by atoms with Crippen LogP contribution in [0.5, 0.6) is 0 Å². The molecule has 0 heterocycles. The van der Waals surface area contributed by atoms with Gasteiger partial charge in [0.2, 0.25) is 0 Å². The van der Waals surface area contributed by atoms with E-state index in [1.165, 1.54) is 24.3 Å². The third kappa shape index (κ3) is 3.30. The molecule has 5 nitrogen and oxygen atoms in total. The maximum Gasteiger partial charge on any atom is 0.269 e.